The van der Waals surface area contributed by atoms with Gasteiger partial charge < -0.3 is 4.90 Å². The summed E-state index contributed by atoms with van der Waals surface area (Å²) in [6.07, 6.45) is 1.53. The number of benzene rings is 2. The van der Waals surface area contributed by atoms with Gasteiger partial charge in [-0.1, -0.05) is 23.8 Å². The molecule has 0 atom stereocenters. The number of carbonyl (C=O) groups is 1. The van der Waals surface area contributed by atoms with E-state index in [4.69, 9.17) is 0 Å². The maximum atomic E-state index is 13.7. The van der Waals surface area contributed by atoms with Gasteiger partial charge in [0.05, 0.1) is 6.42 Å². The van der Waals surface area contributed by atoms with Gasteiger partial charge in [0.25, 0.3) is 0 Å². The van der Waals surface area contributed by atoms with Crippen LogP contribution in [0.25, 0.3) is 0 Å². The molecule has 2 aromatic rings. The van der Waals surface area contributed by atoms with Crippen molar-refractivity contribution in [3.8, 4) is 0 Å². The first-order valence-corrected chi connectivity index (χ1v) is 7.39. The van der Waals surface area contributed by atoms with Gasteiger partial charge in [0.1, 0.15) is 11.6 Å². The van der Waals surface area contributed by atoms with E-state index in [2.05, 4.69) is 6.07 Å². The molecule has 0 aromatic heterocycles. The van der Waals surface area contributed by atoms with Crippen molar-refractivity contribution < 1.29 is 13.6 Å². The molecule has 22 heavy (non-hydrogen) atoms. The maximum absolute atomic E-state index is 13.7. The highest BCUT2D eigenvalue weighted by Crippen LogP contribution is 2.29. The zero-order chi connectivity index (χ0) is 15.7. The highest BCUT2D eigenvalue weighted by Gasteiger charge is 2.24. The molecule has 1 heterocycles. The third-order valence-corrected chi connectivity index (χ3v) is 4.04. The Hall–Kier alpha value is -2.23. The fourth-order valence-corrected chi connectivity index (χ4v) is 2.93. The van der Waals surface area contributed by atoms with Crippen LogP contribution in [-0.2, 0) is 17.6 Å². The molecule has 3 rings (SSSR count). The number of aryl methyl sites for hydroxylation is 2. The lowest BCUT2D eigenvalue weighted by atomic mass is 9.98. The number of hydrogen-bond acceptors (Lipinski definition) is 1. The molecule has 0 bridgehead atoms. The molecular formula is C18H17F2NO. The summed E-state index contributed by atoms with van der Waals surface area (Å²) in [5, 5.41) is 0. The Morgan fingerprint density at radius 1 is 1.18 bits per heavy atom. The second kappa shape index (κ2) is 5.87. The Kier molecular flexibility index (Phi) is 3.92. The summed E-state index contributed by atoms with van der Waals surface area (Å²) in [6, 6.07) is 9.60. The SMILES string of the molecule is Cc1ccc2c(c1)CCCN2C(=O)Cc1c(F)cccc1F. The number of anilines is 1. The Morgan fingerprint density at radius 2 is 1.91 bits per heavy atom. The van der Waals surface area contributed by atoms with Crippen LogP contribution in [0.3, 0.4) is 0 Å². The molecule has 1 amide bonds. The maximum Gasteiger partial charge on any atom is 0.231 e. The Labute approximate surface area is 128 Å². The van der Waals surface area contributed by atoms with Crippen molar-refractivity contribution >= 4 is 11.6 Å². The van der Waals surface area contributed by atoms with Crippen LogP contribution in [0.2, 0.25) is 0 Å². The van der Waals surface area contributed by atoms with Crippen molar-refractivity contribution in [1.82, 2.24) is 0 Å². The topological polar surface area (TPSA) is 20.3 Å². The molecule has 0 saturated heterocycles. The van der Waals surface area contributed by atoms with E-state index in [-0.39, 0.29) is 17.9 Å². The second-order valence-electron chi connectivity index (χ2n) is 5.66. The van der Waals surface area contributed by atoms with Crippen molar-refractivity contribution in [2.24, 2.45) is 0 Å². The van der Waals surface area contributed by atoms with Crippen LogP contribution in [-0.4, -0.2) is 12.5 Å². The standard InChI is InChI=1S/C18H17F2NO/c1-12-7-8-17-13(10-12)4-3-9-21(17)18(22)11-14-15(19)5-2-6-16(14)20/h2,5-8,10H,3-4,9,11H2,1H3. The van der Waals surface area contributed by atoms with Crippen molar-refractivity contribution in [2.75, 3.05) is 11.4 Å². The fraction of sp³-hybridized carbons (Fsp3) is 0.278. The highest BCUT2D eigenvalue weighted by molar-refractivity contribution is 5.96. The molecular weight excluding hydrogens is 284 g/mol. The summed E-state index contributed by atoms with van der Waals surface area (Å²) in [5.74, 6) is -1.61. The molecule has 2 aromatic carbocycles. The average molecular weight is 301 g/mol. The molecule has 0 radical (unpaired) electrons. The van der Waals surface area contributed by atoms with Gasteiger partial charge in [0.2, 0.25) is 5.91 Å². The first kappa shape index (κ1) is 14.7. The zero-order valence-electron chi connectivity index (χ0n) is 12.4. The van der Waals surface area contributed by atoms with E-state index >= 15 is 0 Å². The number of amides is 1. The second-order valence-corrected chi connectivity index (χ2v) is 5.66. The average Bonchev–Trinajstić information content (AvgIpc) is 2.50. The predicted octanol–water partition coefficient (Wildman–Crippen LogP) is 3.80. The van der Waals surface area contributed by atoms with Crippen LogP contribution in [0.15, 0.2) is 36.4 Å². The Bertz CT molecular complexity index is 707. The van der Waals surface area contributed by atoms with E-state index in [9.17, 15) is 13.6 Å². The lowest BCUT2D eigenvalue weighted by molar-refractivity contribution is -0.118. The van der Waals surface area contributed by atoms with E-state index in [0.717, 1.165) is 29.7 Å². The highest BCUT2D eigenvalue weighted by atomic mass is 19.1. The van der Waals surface area contributed by atoms with Crippen LogP contribution in [0.5, 0.6) is 0 Å². The molecule has 4 heteroatoms. The largest absolute Gasteiger partial charge is 0.312 e. The minimum Gasteiger partial charge on any atom is -0.312 e. The molecule has 0 N–H and O–H groups in total. The van der Waals surface area contributed by atoms with Crippen molar-refractivity contribution in [3.63, 3.8) is 0 Å². The van der Waals surface area contributed by atoms with Gasteiger partial charge in [-0.2, -0.15) is 0 Å². The number of carbonyl (C=O) groups excluding carboxylic acids is 1. The van der Waals surface area contributed by atoms with E-state index < -0.39 is 11.6 Å². The monoisotopic (exact) mass is 301 g/mol. The Morgan fingerprint density at radius 3 is 2.64 bits per heavy atom. The summed E-state index contributed by atoms with van der Waals surface area (Å²) in [6.45, 7) is 2.60. The summed E-state index contributed by atoms with van der Waals surface area (Å²) < 4.78 is 27.4. The number of nitrogens with zero attached hydrogens (tertiary/aromatic N) is 1. The number of rotatable bonds is 2. The molecule has 0 spiro atoms. The quantitative estimate of drug-likeness (QED) is 0.826. The van der Waals surface area contributed by atoms with Gasteiger partial charge in [-0.15, -0.1) is 0 Å². The van der Waals surface area contributed by atoms with Gasteiger partial charge in [-0.05, 0) is 43.5 Å². The van der Waals surface area contributed by atoms with E-state index in [1.165, 1.54) is 18.2 Å². The van der Waals surface area contributed by atoms with E-state index in [1.54, 1.807) is 4.90 Å². The summed E-state index contributed by atoms with van der Waals surface area (Å²) in [7, 11) is 0. The van der Waals surface area contributed by atoms with Crippen molar-refractivity contribution in [1.29, 1.82) is 0 Å². The lowest BCUT2D eigenvalue weighted by Gasteiger charge is -2.30. The third kappa shape index (κ3) is 2.73. The van der Waals surface area contributed by atoms with Gasteiger partial charge in [0, 0.05) is 17.8 Å². The van der Waals surface area contributed by atoms with E-state index in [0.29, 0.717) is 6.54 Å². The van der Waals surface area contributed by atoms with Gasteiger partial charge >= 0.3 is 0 Å². The van der Waals surface area contributed by atoms with Gasteiger partial charge in [0.15, 0.2) is 0 Å². The molecule has 1 aliphatic rings. The minimum atomic E-state index is -0.672. The number of halogens is 2. The lowest BCUT2D eigenvalue weighted by Crippen LogP contribution is -2.36. The Balaban J connectivity index is 1.88. The third-order valence-electron chi connectivity index (χ3n) is 4.04. The molecule has 0 unspecified atom stereocenters. The molecule has 114 valence electrons. The van der Waals surface area contributed by atoms with Crippen LogP contribution in [0.1, 0.15) is 23.1 Å². The first-order valence-electron chi connectivity index (χ1n) is 7.39. The van der Waals surface area contributed by atoms with Crippen molar-refractivity contribution in [3.05, 3.63) is 64.7 Å². The van der Waals surface area contributed by atoms with Crippen LogP contribution < -0.4 is 4.90 Å². The minimum absolute atomic E-state index is 0.160. The molecule has 0 aliphatic carbocycles. The summed E-state index contributed by atoms with van der Waals surface area (Å²) in [4.78, 5) is 14.2. The number of hydrogen-bond donors (Lipinski definition) is 0. The van der Waals surface area contributed by atoms with Crippen molar-refractivity contribution in [2.45, 2.75) is 26.2 Å². The molecule has 1 aliphatic heterocycles. The molecule has 0 saturated carbocycles. The fourth-order valence-electron chi connectivity index (χ4n) is 2.93. The first-order chi connectivity index (χ1) is 10.6. The summed E-state index contributed by atoms with van der Waals surface area (Å²) in [5.41, 5.74) is 2.96. The smallest absolute Gasteiger partial charge is 0.231 e. The molecule has 2 nitrogen and oxygen atoms in total. The van der Waals surface area contributed by atoms with Crippen LogP contribution in [0, 0.1) is 18.6 Å². The van der Waals surface area contributed by atoms with Crippen LogP contribution >= 0.6 is 0 Å². The predicted molar refractivity (Wildman–Crippen MR) is 81.9 cm³/mol. The zero-order valence-corrected chi connectivity index (χ0v) is 12.4. The van der Waals surface area contributed by atoms with Crippen LogP contribution in [0.4, 0.5) is 14.5 Å². The van der Waals surface area contributed by atoms with E-state index in [1.807, 2.05) is 19.1 Å². The number of fused-ring (bicyclic) bond motifs is 1. The van der Waals surface area contributed by atoms with Gasteiger partial charge in [-0.25, -0.2) is 8.78 Å². The van der Waals surface area contributed by atoms with Gasteiger partial charge in [-0.3, -0.25) is 4.79 Å². The molecule has 0 fully saturated rings. The normalized spacial score (nSPS) is 13.9. The summed E-state index contributed by atoms with van der Waals surface area (Å²) >= 11 is 0.